The van der Waals surface area contributed by atoms with Crippen LogP contribution < -0.4 is 0 Å². The summed E-state index contributed by atoms with van der Waals surface area (Å²) in [5.74, 6) is 1.17. The predicted octanol–water partition coefficient (Wildman–Crippen LogP) is 4.49. The van der Waals surface area contributed by atoms with Gasteiger partial charge in [-0.05, 0) is 86.4 Å². The second kappa shape index (κ2) is 7.73. The van der Waals surface area contributed by atoms with E-state index in [1.807, 2.05) is 35.2 Å². The van der Waals surface area contributed by atoms with Crippen molar-refractivity contribution in [2.75, 3.05) is 13.1 Å². The molecule has 3 heteroatoms. The average molecular weight is 337 g/mol. The number of amides is 1. The molecule has 0 bridgehead atoms. The minimum Gasteiger partial charge on any atom is -0.508 e. The number of phenols is 1. The van der Waals surface area contributed by atoms with Crippen LogP contribution in [0, 0.1) is 19.8 Å². The van der Waals surface area contributed by atoms with Crippen molar-refractivity contribution >= 4 is 5.91 Å². The number of piperidine rings is 1. The van der Waals surface area contributed by atoms with Crippen molar-refractivity contribution < 1.29 is 9.90 Å². The van der Waals surface area contributed by atoms with Crippen LogP contribution in [-0.4, -0.2) is 29.0 Å². The highest BCUT2D eigenvalue weighted by molar-refractivity contribution is 5.94. The van der Waals surface area contributed by atoms with Gasteiger partial charge in [0.15, 0.2) is 0 Å². The molecule has 1 N–H and O–H groups in total. The van der Waals surface area contributed by atoms with E-state index in [9.17, 15) is 9.90 Å². The number of carbonyl (C=O) groups is 1. The molecular weight excluding hydrogens is 310 g/mol. The Hall–Kier alpha value is -2.29. The highest BCUT2D eigenvalue weighted by Gasteiger charge is 2.23. The van der Waals surface area contributed by atoms with E-state index in [4.69, 9.17) is 0 Å². The SMILES string of the molecule is Cc1ccc(C(=O)N2CCC(CCc3ccc(O)cc3)CC2)cc1C. The molecule has 1 saturated heterocycles. The summed E-state index contributed by atoms with van der Waals surface area (Å²) in [6, 6.07) is 13.5. The summed E-state index contributed by atoms with van der Waals surface area (Å²) < 4.78 is 0. The quantitative estimate of drug-likeness (QED) is 0.893. The number of carbonyl (C=O) groups excluding carboxylic acids is 1. The molecule has 3 nitrogen and oxygen atoms in total. The van der Waals surface area contributed by atoms with Gasteiger partial charge in [-0.1, -0.05) is 18.2 Å². The van der Waals surface area contributed by atoms with Gasteiger partial charge < -0.3 is 10.0 Å². The lowest BCUT2D eigenvalue weighted by molar-refractivity contribution is 0.0687. The molecule has 1 aliphatic heterocycles. The topological polar surface area (TPSA) is 40.5 Å². The van der Waals surface area contributed by atoms with E-state index in [2.05, 4.69) is 13.8 Å². The fourth-order valence-electron chi connectivity index (χ4n) is 3.52. The summed E-state index contributed by atoms with van der Waals surface area (Å²) in [6.07, 6.45) is 4.34. The Labute approximate surface area is 150 Å². The Balaban J connectivity index is 1.50. The zero-order valence-corrected chi connectivity index (χ0v) is 15.2. The summed E-state index contributed by atoms with van der Waals surface area (Å²) in [7, 11) is 0. The number of hydrogen-bond acceptors (Lipinski definition) is 2. The molecule has 1 aliphatic rings. The van der Waals surface area contributed by atoms with Gasteiger partial charge in [0, 0.05) is 18.7 Å². The van der Waals surface area contributed by atoms with E-state index in [0.717, 1.165) is 44.3 Å². The van der Waals surface area contributed by atoms with Crippen LogP contribution in [0.15, 0.2) is 42.5 Å². The highest BCUT2D eigenvalue weighted by Crippen LogP contribution is 2.24. The molecule has 0 atom stereocenters. The van der Waals surface area contributed by atoms with Crippen molar-refractivity contribution in [2.45, 2.75) is 39.5 Å². The zero-order valence-electron chi connectivity index (χ0n) is 15.2. The number of nitrogens with zero attached hydrogens (tertiary/aromatic N) is 1. The normalized spacial score (nSPS) is 15.4. The summed E-state index contributed by atoms with van der Waals surface area (Å²) in [6.45, 7) is 5.84. The van der Waals surface area contributed by atoms with Crippen LogP contribution >= 0.6 is 0 Å². The van der Waals surface area contributed by atoms with Crippen LogP contribution in [0.25, 0.3) is 0 Å². The predicted molar refractivity (Wildman–Crippen MR) is 101 cm³/mol. The van der Waals surface area contributed by atoms with Gasteiger partial charge in [0.05, 0.1) is 0 Å². The smallest absolute Gasteiger partial charge is 0.253 e. The van der Waals surface area contributed by atoms with Crippen LogP contribution in [-0.2, 0) is 6.42 Å². The van der Waals surface area contributed by atoms with Gasteiger partial charge in [-0.3, -0.25) is 4.79 Å². The lowest BCUT2D eigenvalue weighted by atomic mass is 9.90. The number of benzene rings is 2. The molecule has 2 aromatic rings. The second-order valence-corrected chi connectivity index (χ2v) is 7.24. The molecule has 2 aromatic carbocycles. The van der Waals surface area contributed by atoms with Crippen molar-refractivity contribution in [3.05, 3.63) is 64.7 Å². The Morgan fingerprint density at radius 3 is 2.36 bits per heavy atom. The maximum atomic E-state index is 12.7. The Morgan fingerprint density at radius 2 is 1.72 bits per heavy atom. The lowest BCUT2D eigenvalue weighted by Crippen LogP contribution is -2.38. The number of rotatable bonds is 4. The fraction of sp³-hybridized carbons (Fsp3) is 0.409. The highest BCUT2D eigenvalue weighted by atomic mass is 16.3. The van der Waals surface area contributed by atoms with Gasteiger partial charge in [0.1, 0.15) is 5.75 Å². The van der Waals surface area contributed by atoms with Gasteiger partial charge in [-0.25, -0.2) is 0 Å². The minimum absolute atomic E-state index is 0.167. The average Bonchev–Trinajstić information content (AvgIpc) is 2.63. The van der Waals surface area contributed by atoms with Gasteiger partial charge in [-0.15, -0.1) is 0 Å². The molecule has 0 aliphatic carbocycles. The monoisotopic (exact) mass is 337 g/mol. The Kier molecular flexibility index (Phi) is 5.42. The molecule has 132 valence electrons. The van der Waals surface area contributed by atoms with E-state index >= 15 is 0 Å². The Bertz CT molecular complexity index is 728. The third kappa shape index (κ3) is 4.41. The minimum atomic E-state index is 0.167. The standard InChI is InChI=1S/C22H27NO2/c1-16-3-8-20(15-17(16)2)22(25)23-13-11-19(12-14-23)5-4-18-6-9-21(24)10-7-18/h3,6-10,15,19,24H,4-5,11-14H2,1-2H3. The van der Waals surface area contributed by atoms with Crippen LogP contribution in [0.3, 0.4) is 0 Å². The molecule has 1 fully saturated rings. The first-order valence-corrected chi connectivity index (χ1v) is 9.17. The van der Waals surface area contributed by atoms with Gasteiger partial charge in [-0.2, -0.15) is 0 Å². The summed E-state index contributed by atoms with van der Waals surface area (Å²) >= 11 is 0. The first-order valence-electron chi connectivity index (χ1n) is 9.17. The van der Waals surface area contributed by atoms with E-state index < -0.39 is 0 Å². The van der Waals surface area contributed by atoms with Gasteiger partial charge in [0.25, 0.3) is 5.91 Å². The molecule has 0 radical (unpaired) electrons. The summed E-state index contributed by atoms with van der Waals surface area (Å²) in [4.78, 5) is 14.7. The summed E-state index contributed by atoms with van der Waals surface area (Å²) in [5, 5.41) is 9.34. The van der Waals surface area contributed by atoms with Crippen molar-refractivity contribution in [3.8, 4) is 5.75 Å². The molecule has 0 unspecified atom stereocenters. The van der Waals surface area contributed by atoms with E-state index in [0.29, 0.717) is 11.7 Å². The van der Waals surface area contributed by atoms with Crippen molar-refractivity contribution in [3.63, 3.8) is 0 Å². The van der Waals surface area contributed by atoms with E-state index in [1.54, 1.807) is 12.1 Å². The number of aromatic hydroxyl groups is 1. The molecule has 1 amide bonds. The van der Waals surface area contributed by atoms with Crippen LogP contribution in [0.1, 0.15) is 46.3 Å². The number of aryl methyl sites for hydroxylation is 3. The van der Waals surface area contributed by atoms with E-state index in [-0.39, 0.29) is 5.91 Å². The molecular formula is C22H27NO2. The van der Waals surface area contributed by atoms with Crippen molar-refractivity contribution in [1.29, 1.82) is 0 Å². The maximum Gasteiger partial charge on any atom is 0.253 e. The molecule has 0 saturated carbocycles. The zero-order chi connectivity index (χ0) is 17.8. The Morgan fingerprint density at radius 1 is 1.04 bits per heavy atom. The third-order valence-corrected chi connectivity index (χ3v) is 5.43. The molecule has 0 aromatic heterocycles. The number of hydrogen-bond donors (Lipinski definition) is 1. The third-order valence-electron chi connectivity index (χ3n) is 5.43. The number of likely N-dealkylation sites (tertiary alicyclic amines) is 1. The van der Waals surface area contributed by atoms with Crippen LogP contribution in [0.2, 0.25) is 0 Å². The van der Waals surface area contributed by atoms with E-state index in [1.165, 1.54) is 16.7 Å². The maximum absolute atomic E-state index is 12.7. The lowest BCUT2D eigenvalue weighted by Gasteiger charge is -2.32. The van der Waals surface area contributed by atoms with Gasteiger partial charge in [0.2, 0.25) is 0 Å². The van der Waals surface area contributed by atoms with Crippen molar-refractivity contribution in [2.24, 2.45) is 5.92 Å². The van der Waals surface area contributed by atoms with Crippen LogP contribution in [0.5, 0.6) is 5.75 Å². The first kappa shape index (κ1) is 17.5. The van der Waals surface area contributed by atoms with Gasteiger partial charge >= 0.3 is 0 Å². The fourth-order valence-corrected chi connectivity index (χ4v) is 3.52. The largest absolute Gasteiger partial charge is 0.508 e. The molecule has 0 spiro atoms. The van der Waals surface area contributed by atoms with Crippen molar-refractivity contribution in [1.82, 2.24) is 4.90 Å². The molecule has 1 heterocycles. The molecule has 3 rings (SSSR count). The summed E-state index contributed by atoms with van der Waals surface area (Å²) in [5.41, 5.74) is 4.48. The van der Waals surface area contributed by atoms with Crippen LogP contribution in [0.4, 0.5) is 0 Å². The second-order valence-electron chi connectivity index (χ2n) is 7.24. The molecule has 25 heavy (non-hydrogen) atoms. The first-order chi connectivity index (χ1) is 12.0. The number of phenolic OH excluding ortho intramolecular Hbond substituents is 1.